The van der Waals surface area contributed by atoms with Crippen molar-refractivity contribution in [2.45, 2.75) is 36.7 Å². The van der Waals surface area contributed by atoms with E-state index >= 15 is 0 Å². The highest BCUT2D eigenvalue weighted by Gasteiger charge is 2.56. The van der Waals surface area contributed by atoms with E-state index in [1.165, 1.54) is 42.3 Å². The summed E-state index contributed by atoms with van der Waals surface area (Å²) in [7, 11) is -3.67. The fourth-order valence-corrected chi connectivity index (χ4v) is 4.39. The van der Waals surface area contributed by atoms with E-state index in [0.717, 1.165) is 12.5 Å². The van der Waals surface area contributed by atoms with Gasteiger partial charge in [0.05, 0.1) is 17.8 Å². The molecule has 1 unspecified atom stereocenters. The van der Waals surface area contributed by atoms with Crippen LogP contribution in [0.3, 0.4) is 0 Å². The Morgan fingerprint density at radius 1 is 1.09 bits per heavy atom. The van der Waals surface area contributed by atoms with Crippen LogP contribution in [-0.2, 0) is 16.4 Å². The zero-order valence-electron chi connectivity index (χ0n) is 18.7. The van der Waals surface area contributed by atoms with E-state index in [2.05, 4.69) is 15.9 Å². The molecular formula is C23H22F4N4O3S. The monoisotopic (exact) mass is 510 g/mol. The van der Waals surface area contributed by atoms with Crippen LogP contribution in [-0.4, -0.2) is 41.6 Å². The van der Waals surface area contributed by atoms with Crippen molar-refractivity contribution >= 4 is 20.7 Å². The van der Waals surface area contributed by atoms with Gasteiger partial charge in [-0.15, -0.1) is 5.53 Å². The van der Waals surface area contributed by atoms with Crippen molar-refractivity contribution in [3.63, 3.8) is 0 Å². The van der Waals surface area contributed by atoms with Gasteiger partial charge in [-0.3, -0.25) is 5.01 Å². The lowest BCUT2D eigenvalue weighted by Crippen LogP contribution is -2.50. The summed E-state index contributed by atoms with van der Waals surface area (Å²) < 4.78 is 78.0. The summed E-state index contributed by atoms with van der Waals surface area (Å²) in [6, 6.07) is 12.1. The number of nitrogens with zero attached hydrogens (tertiary/aromatic N) is 2. The third-order valence-corrected chi connectivity index (χ3v) is 6.75. The minimum atomic E-state index is -4.87. The molecule has 1 aliphatic rings. The summed E-state index contributed by atoms with van der Waals surface area (Å²) in [4.78, 5) is 4.26. The smallest absolute Gasteiger partial charge is 0.375 e. The maximum absolute atomic E-state index is 13.4. The Bertz CT molecular complexity index is 1410. The summed E-state index contributed by atoms with van der Waals surface area (Å²) in [5.41, 5.74) is 3.57. The summed E-state index contributed by atoms with van der Waals surface area (Å²) >= 11 is 0. The maximum atomic E-state index is 13.4. The van der Waals surface area contributed by atoms with Gasteiger partial charge in [0.2, 0.25) is 5.60 Å². The van der Waals surface area contributed by atoms with E-state index in [1.54, 1.807) is 18.2 Å². The van der Waals surface area contributed by atoms with E-state index in [0.29, 0.717) is 27.6 Å². The largest absolute Gasteiger partial charge is 0.422 e. The van der Waals surface area contributed by atoms with Crippen LogP contribution in [0.15, 0.2) is 65.5 Å². The molecule has 1 atom stereocenters. The van der Waals surface area contributed by atoms with E-state index < -0.39 is 39.5 Å². The minimum Gasteiger partial charge on any atom is -0.375 e. The van der Waals surface area contributed by atoms with Crippen LogP contribution >= 0.6 is 0 Å². The Balaban J connectivity index is 1.72. The molecule has 2 aromatic carbocycles. The third kappa shape index (κ3) is 4.81. The number of alkyl halides is 3. The summed E-state index contributed by atoms with van der Waals surface area (Å²) in [5.74, 6) is -0.433. The number of sulfone groups is 1. The van der Waals surface area contributed by atoms with E-state index in [4.69, 9.17) is 0 Å². The van der Waals surface area contributed by atoms with Crippen molar-refractivity contribution in [2.24, 2.45) is 0 Å². The highest BCUT2D eigenvalue weighted by atomic mass is 32.2. The number of rotatable bonds is 6. The van der Waals surface area contributed by atoms with E-state index in [1.807, 2.05) is 0 Å². The number of nitrogens with one attached hydrogen (secondary N) is 2. The second-order valence-electron chi connectivity index (χ2n) is 8.26. The zero-order valence-corrected chi connectivity index (χ0v) is 19.5. The SMILES string of the molecule is CCC(O)(C1=CN(Cc2ccc3c(-c4ccc(F)cc4)cc(S(C)(=O)=O)nc3c2)NN1)C(F)(F)F. The molecule has 7 nitrogen and oxygen atoms in total. The number of benzene rings is 2. The van der Waals surface area contributed by atoms with E-state index in [9.17, 15) is 31.1 Å². The second kappa shape index (κ2) is 8.77. The first kappa shape index (κ1) is 24.9. The van der Waals surface area contributed by atoms with Gasteiger partial charge in [-0.2, -0.15) is 13.2 Å². The van der Waals surface area contributed by atoms with E-state index in [-0.39, 0.29) is 11.6 Å². The number of hydrazine groups is 2. The normalized spacial score (nSPS) is 16.2. The molecule has 0 saturated carbocycles. The molecule has 12 heteroatoms. The molecule has 0 aliphatic carbocycles. The van der Waals surface area contributed by atoms with Gasteiger partial charge < -0.3 is 10.5 Å². The first-order chi connectivity index (χ1) is 16.3. The molecule has 3 N–H and O–H groups in total. The highest BCUT2D eigenvalue weighted by molar-refractivity contribution is 7.90. The highest BCUT2D eigenvalue weighted by Crippen LogP contribution is 2.38. The number of fused-ring (bicyclic) bond motifs is 1. The van der Waals surface area contributed by atoms with Gasteiger partial charge in [0.25, 0.3) is 0 Å². The van der Waals surface area contributed by atoms with Crippen molar-refractivity contribution in [1.29, 1.82) is 0 Å². The molecule has 2 heterocycles. The quantitative estimate of drug-likeness (QED) is 0.434. The Morgan fingerprint density at radius 3 is 2.37 bits per heavy atom. The van der Waals surface area contributed by atoms with Crippen LogP contribution in [0, 0.1) is 5.82 Å². The van der Waals surface area contributed by atoms with Crippen molar-refractivity contribution in [3.8, 4) is 11.1 Å². The summed E-state index contributed by atoms with van der Waals surface area (Å²) in [6.45, 7) is 1.31. The lowest BCUT2D eigenvalue weighted by molar-refractivity contribution is -0.246. The first-order valence-corrected chi connectivity index (χ1v) is 12.4. The molecular weight excluding hydrogens is 488 g/mol. The number of pyridine rings is 1. The average Bonchev–Trinajstić information content (AvgIpc) is 3.25. The van der Waals surface area contributed by atoms with Gasteiger partial charge in [0.15, 0.2) is 14.9 Å². The van der Waals surface area contributed by atoms with Gasteiger partial charge in [-0.05, 0) is 47.4 Å². The van der Waals surface area contributed by atoms with Crippen molar-refractivity contribution in [1.82, 2.24) is 21.0 Å². The van der Waals surface area contributed by atoms with Crippen LogP contribution in [0.2, 0.25) is 0 Å². The number of halogens is 4. The fourth-order valence-electron chi connectivity index (χ4n) is 3.79. The molecule has 0 spiro atoms. The van der Waals surface area contributed by atoms with Crippen LogP contribution in [0.4, 0.5) is 17.6 Å². The molecule has 1 aliphatic heterocycles. The predicted octanol–water partition coefficient (Wildman–Crippen LogP) is 3.81. The Labute approximate surface area is 198 Å². The number of aromatic nitrogens is 1. The second-order valence-corrected chi connectivity index (χ2v) is 10.2. The molecule has 4 rings (SSSR count). The summed E-state index contributed by atoms with van der Waals surface area (Å²) in [6.07, 6.45) is -3.29. The molecule has 3 aromatic rings. The van der Waals surface area contributed by atoms with Crippen LogP contribution in [0.5, 0.6) is 0 Å². The Morgan fingerprint density at radius 2 is 1.77 bits per heavy atom. The molecule has 35 heavy (non-hydrogen) atoms. The third-order valence-electron chi connectivity index (χ3n) is 5.78. The number of hydrogen-bond acceptors (Lipinski definition) is 7. The topological polar surface area (TPSA) is 94.6 Å². The van der Waals surface area contributed by atoms with Gasteiger partial charge in [-0.1, -0.05) is 31.2 Å². The predicted molar refractivity (Wildman–Crippen MR) is 121 cm³/mol. The summed E-state index contributed by atoms with van der Waals surface area (Å²) in [5, 5.41) is 11.9. The molecule has 186 valence electrons. The lowest BCUT2D eigenvalue weighted by atomic mass is 9.96. The van der Waals surface area contributed by atoms with Gasteiger partial charge in [0.1, 0.15) is 5.82 Å². The van der Waals surface area contributed by atoms with Crippen molar-refractivity contribution in [2.75, 3.05) is 6.26 Å². The lowest BCUT2D eigenvalue weighted by Gasteiger charge is -2.29. The number of hydrogen-bond donors (Lipinski definition) is 3. The molecule has 0 bridgehead atoms. The number of aliphatic hydroxyl groups is 1. The molecule has 0 saturated heterocycles. The standard InChI is InChI=1S/C23H22F4N4O3S/c1-3-22(32,23(25,26)27)20-13-31(30-29-20)12-14-4-9-17-18(15-5-7-16(24)8-6-15)11-21(35(2,33)34)28-19(17)10-14/h4-11,13,29-30,32H,3,12H2,1-2H3. The molecule has 0 fully saturated rings. The van der Waals surface area contributed by atoms with Crippen LogP contribution < -0.4 is 11.0 Å². The Hall–Kier alpha value is -3.22. The first-order valence-electron chi connectivity index (χ1n) is 10.5. The van der Waals surface area contributed by atoms with Gasteiger partial charge in [-0.25, -0.2) is 17.8 Å². The van der Waals surface area contributed by atoms with Crippen molar-refractivity contribution < 1.29 is 31.1 Å². The van der Waals surface area contributed by atoms with Crippen LogP contribution in [0.1, 0.15) is 18.9 Å². The van der Waals surface area contributed by atoms with Gasteiger partial charge in [0, 0.05) is 17.8 Å². The van der Waals surface area contributed by atoms with Crippen LogP contribution in [0.25, 0.3) is 22.0 Å². The molecule has 0 amide bonds. The molecule has 1 aromatic heterocycles. The van der Waals surface area contributed by atoms with Gasteiger partial charge >= 0.3 is 6.18 Å². The molecule has 0 radical (unpaired) electrons. The average molecular weight is 511 g/mol. The fraction of sp³-hybridized carbons (Fsp3) is 0.261. The van der Waals surface area contributed by atoms with Crippen molar-refractivity contribution in [3.05, 3.63) is 71.8 Å². The zero-order chi connectivity index (χ0) is 25.6. The Kier molecular flexibility index (Phi) is 6.24. The minimum absolute atomic E-state index is 0.0841. The maximum Gasteiger partial charge on any atom is 0.422 e.